The van der Waals surface area contributed by atoms with Crippen LogP contribution in [-0.4, -0.2) is 182 Å². The quantitative estimate of drug-likeness (QED) is 0.0592. The molecule has 3 fully saturated rings. The van der Waals surface area contributed by atoms with E-state index in [-0.39, 0.29) is 23.3 Å². The first-order valence-corrected chi connectivity index (χ1v) is 20.6. The molecule has 0 radical (unpaired) electrons. The summed E-state index contributed by atoms with van der Waals surface area (Å²) in [5.74, 6) is -5.82. The second kappa shape index (κ2) is 17.9. The van der Waals surface area contributed by atoms with Gasteiger partial charge in [-0.3, -0.25) is 0 Å². The minimum Gasteiger partial charge on any atom is -0.471 e. The maximum absolute atomic E-state index is 13.9. The second-order valence-corrected chi connectivity index (χ2v) is 15.8. The van der Waals surface area contributed by atoms with Crippen molar-refractivity contribution in [2.45, 2.75) is 86.4 Å². The summed E-state index contributed by atoms with van der Waals surface area (Å²) in [6.45, 7) is -1.42. The summed E-state index contributed by atoms with van der Waals surface area (Å²) in [7, 11) is 0. The molecular weight excluding hydrogens is 836 g/mol. The molecule has 18 unspecified atom stereocenters. The molecule has 3 saturated heterocycles. The van der Waals surface area contributed by atoms with Gasteiger partial charge in [-0.15, -0.1) is 0 Å². The van der Waals surface area contributed by atoms with Crippen molar-refractivity contribution in [1.82, 2.24) is 0 Å². The molecule has 5 aliphatic heterocycles. The van der Waals surface area contributed by atoms with Crippen LogP contribution in [0.5, 0.6) is 0 Å². The minimum atomic E-state index is -2.07. The Hall–Kier alpha value is -3.34. The Labute approximate surface area is 342 Å². The van der Waals surface area contributed by atoms with Crippen LogP contribution in [0.1, 0.15) is 0 Å². The molecule has 22 nitrogen and oxygen atoms in total. The number of carbonyl (C=O) groups excluding carboxylic acids is 4. The first-order valence-electron chi connectivity index (χ1n) is 18.1. The van der Waals surface area contributed by atoms with Crippen LogP contribution in [0.15, 0.2) is 47.0 Å². The number of rotatable bonds is 11. The zero-order chi connectivity index (χ0) is 42.4. The highest BCUT2D eigenvalue weighted by Gasteiger charge is 2.58. The van der Waals surface area contributed by atoms with Crippen molar-refractivity contribution < 1.29 is 107 Å². The van der Waals surface area contributed by atoms with Gasteiger partial charge in [0.2, 0.25) is 18.9 Å². The minimum absolute atomic E-state index is 0.184. The summed E-state index contributed by atoms with van der Waals surface area (Å²) in [4.78, 5) is 50.3. The number of fused-ring (bicyclic) bond motifs is 1. The summed E-state index contributed by atoms with van der Waals surface area (Å²) < 4.78 is 55.7. The molecule has 24 heteroatoms. The van der Waals surface area contributed by atoms with Gasteiger partial charge in [0.05, 0.1) is 48.2 Å². The van der Waals surface area contributed by atoms with Gasteiger partial charge in [-0.2, -0.15) is 0 Å². The Morgan fingerprint density at radius 2 is 1.20 bits per heavy atom. The van der Waals surface area contributed by atoms with Gasteiger partial charge in [-0.1, -0.05) is 6.08 Å². The van der Waals surface area contributed by atoms with Crippen molar-refractivity contribution in [1.29, 1.82) is 0 Å². The Morgan fingerprint density at radius 3 is 1.81 bits per heavy atom. The summed E-state index contributed by atoms with van der Waals surface area (Å²) in [6, 6.07) is 0. The van der Waals surface area contributed by atoms with E-state index >= 15 is 0 Å². The number of aliphatic hydroxyl groups is 8. The predicted octanol–water partition coefficient (Wildman–Crippen LogP) is -2.76. The molecule has 326 valence electrons. The fourth-order valence-electron chi connectivity index (χ4n) is 8.02. The highest BCUT2D eigenvalue weighted by Crippen LogP contribution is 2.50. The highest BCUT2D eigenvalue weighted by molar-refractivity contribution is 8.12. The van der Waals surface area contributed by atoms with Crippen LogP contribution < -0.4 is 0 Å². The molecule has 7 aliphatic rings. The normalized spacial score (nSPS) is 42.1. The molecule has 0 spiro atoms. The largest absolute Gasteiger partial charge is 0.471 e. The zero-order valence-electron chi connectivity index (χ0n) is 30.9. The van der Waals surface area contributed by atoms with Gasteiger partial charge >= 0.3 is 22.5 Å². The molecule has 8 N–H and O–H groups in total. The number of carbonyl (C=O) groups is 4. The summed E-state index contributed by atoms with van der Waals surface area (Å²) in [5, 5.41) is 83.4. The third-order valence-corrected chi connectivity index (χ3v) is 11.9. The second-order valence-electron chi connectivity index (χ2n) is 14.3. The SMILES string of the molecule is CSC(=O)OCC1=CC(O)C2C(C(=O)OC3OC(OC4OC=C5C(=O)OC6C=C(COC(=O)SC)C4C56)C(O)C(O)C3O)=COC(OC3OC(CO)C(O)C(O)C3O)C12. The van der Waals surface area contributed by atoms with E-state index in [0.717, 1.165) is 36.0 Å². The van der Waals surface area contributed by atoms with Crippen molar-refractivity contribution in [3.05, 3.63) is 47.0 Å². The number of esters is 2. The van der Waals surface area contributed by atoms with Gasteiger partial charge in [0, 0.05) is 11.8 Å². The Bertz CT molecular complexity index is 1770. The lowest BCUT2D eigenvalue weighted by molar-refractivity contribution is -0.368. The maximum atomic E-state index is 13.9. The lowest BCUT2D eigenvalue weighted by Crippen LogP contribution is -2.60. The zero-order valence-corrected chi connectivity index (χ0v) is 32.6. The molecule has 5 heterocycles. The molecule has 0 saturated carbocycles. The van der Waals surface area contributed by atoms with Crippen LogP contribution in [0.3, 0.4) is 0 Å². The van der Waals surface area contributed by atoms with E-state index in [0.29, 0.717) is 5.57 Å². The molecule has 2 aliphatic carbocycles. The van der Waals surface area contributed by atoms with E-state index in [1.165, 1.54) is 18.6 Å². The molecule has 0 aromatic rings. The average molecular weight is 879 g/mol. The molecule has 0 aromatic carbocycles. The molecular formula is C35H42O22S2. The van der Waals surface area contributed by atoms with Crippen LogP contribution in [0.25, 0.3) is 0 Å². The van der Waals surface area contributed by atoms with Crippen molar-refractivity contribution in [3.8, 4) is 0 Å². The van der Waals surface area contributed by atoms with Gasteiger partial charge < -0.3 is 88.2 Å². The lowest BCUT2D eigenvalue weighted by atomic mass is 9.82. The van der Waals surface area contributed by atoms with E-state index in [9.17, 15) is 60.0 Å². The first-order chi connectivity index (χ1) is 28.2. The predicted molar refractivity (Wildman–Crippen MR) is 190 cm³/mol. The third kappa shape index (κ3) is 8.36. The van der Waals surface area contributed by atoms with Crippen molar-refractivity contribution >= 4 is 46.1 Å². The number of ether oxygens (including phenoxy) is 10. The van der Waals surface area contributed by atoms with Crippen LogP contribution in [0.4, 0.5) is 9.59 Å². The van der Waals surface area contributed by atoms with Crippen LogP contribution >= 0.6 is 23.5 Å². The molecule has 0 bridgehead atoms. The molecule has 7 rings (SSSR count). The maximum Gasteiger partial charge on any atom is 0.367 e. The van der Waals surface area contributed by atoms with Gasteiger partial charge in [-0.05, 0) is 53.3 Å². The Morgan fingerprint density at radius 1 is 0.661 bits per heavy atom. The van der Waals surface area contributed by atoms with Crippen molar-refractivity contribution in [2.75, 3.05) is 32.3 Å². The summed E-state index contributed by atoms with van der Waals surface area (Å²) in [5.41, 5.74) is 0.450. The number of hydrogen-bond donors (Lipinski definition) is 8. The topological polar surface area (TPSA) is 322 Å². The Kier molecular flexibility index (Phi) is 13.3. The molecule has 59 heavy (non-hydrogen) atoms. The standard InChI is InChI=1S/C35H42O22S2/c1-58-34(46)50-6-10-3-14(37)19-12(8-48-29(17(10)19)55-31-24(41)22(39)21(38)16(5-36)53-31)28(45)54-32-25(42)23(40)26(43)33(57-32)56-30-18-11(7-51-35(47)59-2)4-15-20(18)13(9-49-30)27(44)52-15/h3-4,8-9,14-26,29-33,36-43H,5-7H2,1-2H3. The van der Waals surface area contributed by atoms with E-state index in [1.807, 2.05) is 0 Å². The molecule has 18 atom stereocenters. The Balaban J connectivity index is 1.08. The highest BCUT2D eigenvalue weighted by atomic mass is 32.2. The lowest BCUT2D eigenvalue weighted by Gasteiger charge is -2.43. The van der Waals surface area contributed by atoms with E-state index in [2.05, 4.69) is 0 Å². The van der Waals surface area contributed by atoms with E-state index < -0.39 is 146 Å². The van der Waals surface area contributed by atoms with E-state index in [1.54, 1.807) is 6.08 Å². The number of aliphatic hydroxyl groups excluding tert-OH is 8. The molecule has 0 amide bonds. The van der Waals surface area contributed by atoms with Crippen molar-refractivity contribution in [3.63, 3.8) is 0 Å². The monoisotopic (exact) mass is 878 g/mol. The number of hydrogen-bond acceptors (Lipinski definition) is 24. The smallest absolute Gasteiger partial charge is 0.367 e. The number of thioether (sulfide) groups is 2. The fourth-order valence-corrected chi connectivity index (χ4v) is 8.37. The summed E-state index contributed by atoms with van der Waals surface area (Å²) in [6.07, 6.45) is -15.7. The summed E-state index contributed by atoms with van der Waals surface area (Å²) >= 11 is 1.59. The average Bonchev–Trinajstić information content (AvgIpc) is 3.87. The van der Waals surface area contributed by atoms with Crippen LogP contribution in [0, 0.1) is 23.7 Å². The molecule has 0 aromatic heterocycles. The van der Waals surface area contributed by atoms with Gasteiger partial charge in [0.25, 0.3) is 0 Å². The van der Waals surface area contributed by atoms with Gasteiger partial charge in [-0.25, -0.2) is 19.2 Å². The van der Waals surface area contributed by atoms with E-state index in [4.69, 9.17) is 47.4 Å². The first kappa shape index (κ1) is 43.7. The van der Waals surface area contributed by atoms with Crippen LogP contribution in [-0.2, 0) is 57.0 Å². The van der Waals surface area contributed by atoms with Crippen LogP contribution in [0.2, 0.25) is 0 Å². The fraction of sp³-hybridized carbons (Fsp3) is 0.657. The van der Waals surface area contributed by atoms with Gasteiger partial charge in [0.15, 0.2) is 12.6 Å². The third-order valence-electron chi connectivity index (χ3n) is 11.0. The van der Waals surface area contributed by atoms with Crippen molar-refractivity contribution in [2.24, 2.45) is 23.7 Å². The van der Waals surface area contributed by atoms with Gasteiger partial charge in [0.1, 0.15) is 62.0 Å².